The average Bonchev–Trinajstić information content (AvgIpc) is 2.56. The SMILES string of the molecule is COCCC(C)n1c(C(C)C)c[nH]c1=S. The molecule has 0 spiro atoms. The molecule has 86 valence electrons. The molecule has 4 heteroatoms. The first-order valence-electron chi connectivity index (χ1n) is 5.36. The molecule has 1 aromatic heterocycles. The lowest BCUT2D eigenvalue weighted by molar-refractivity contribution is 0.180. The zero-order valence-electron chi connectivity index (χ0n) is 9.91. The molecule has 1 unspecified atom stereocenters. The molecule has 15 heavy (non-hydrogen) atoms. The molecule has 0 aliphatic heterocycles. The van der Waals surface area contributed by atoms with Crippen LogP contribution in [0.5, 0.6) is 0 Å². The van der Waals surface area contributed by atoms with Crippen LogP contribution in [0.3, 0.4) is 0 Å². The number of nitrogens with one attached hydrogen (secondary N) is 1. The van der Waals surface area contributed by atoms with E-state index in [0.717, 1.165) is 17.8 Å². The van der Waals surface area contributed by atoms with Crippen LogP contribution in [0.4, 0.5) is 0 Å². The monoisotopic (exact) mass is 228 g/mol. The highest BCUT2D eigenvalue weighted by Crippen LogP contribution is 2.21. The molecule has 0 radical (unpaired) electrons. The van der Waals surface area contributed by atoms with Crippen molar-refractivity contribution in [2.24, 2.45) is 0 Å². The van der Waals surface area contributed by atoms with Crippen LogP contribution in [-0.2, 0) is 4.74 Å². The van der Waals surface area contributed by atoms with E-state index in [9.17, 15) is 0 Å². The van der Waals surface area contributed by atoms with Gasteiger partial charge in [-0.1, -0.05) is 13.8 Å². The van der Waals surface area contributed by atoms with Crippen LogP contribution < -0.4 is 0 Å². The number of aromatic nitrogens is 2. The summed E-state index contributed by atoms with van der Waals surface area (Å²) < 4.78 is 8.09. The summed E-state index contributed by atoms with van der Waals surface area (Å²) in [6.07, 6.45) is 3.00. The smallest absolute Gasteiger partial charge is 0.177 e. The standard InChI is InChI=1S/C11H20N2OS/c1-8(2)10-7-12-11(15)13(10)9(3)5-6-14-4/h7-9H,5-6H2,1-4H3,(H,12,15). The van der Waals surface area contributed by atoms with Crippen molar-refractivity contribution in [3.8, 4) is 0 Å². The predicted molar refractivity (Wildman–Crippen MR) is 64.9 cm³/mol. The summed E-state index contributed by atoms with van der Waals surface area (Å²) >= 11 is 5.29. The summed E-state index contributed by atoms with van der Waals surface area (Å²) in [6, 6.07) is 0.390. The second-order valence-corrected chi connectivity index (χ2v) is 4.56. The second kappa shape index (κ2) is 5.47. The van der Waals surface area contributed by atoms with Gasteiger partial charge in [-0.15, -0.1) is 0 Å². The first-order chi connectivity index (χ1) is 7.07. The van der Waals surface area contributed by atoms with Crippen LogP contribution in [0.25, 0.3) is 0 Å². The Hall–Kier alpha value is -0.610. The molecule has 0 saturated carbocycles. The lowest BCUT2D eigenvalue weighted by Gasteiger charge is -2.18. The Balaban J connectivity index is 2.91. The number of hydrogen-bond donors (Lipinski definition) is 1. The number of H-pyrrole nitrogens is 1. The Morgan fingerprint density at radius 1 is 1.47 bits per heavy atom. The van der Waals surface area contributed by atoms with Crippen molar-refractivity contribution >= 4 is 12.2 Å². The maximum atomic E-state index is 5.29. The van der Waals surface area contributed by atoms with Gasteiger partial charge in [-0.2, -0.15) is 0 Å². The van der Waals surface area contributed by atoms with Gasteiger partial charge < -0.3 is 14.3 Å². The van der Waals surface area contributed by atoms with E-state index in [1.165, 1.54) is 5.69 Å². The summed E-state index contributed by atoms with van der Waals surface area (Å²) in [5, 5.41) is 0. The number of imidazole rings is 1. The summed E-state index contributed by atoms with van der Waals surface area (Å²) in [5.74, 6) is 0.489. The maximum Gasteiger partial charge on any atom is 0.177 e. The Kier molecular flexibility index (Phi) is 4.54. The van der Waals surface area contributed by atoms with Crippen LogP contribution in [0.1, 0.15) is 44.8 Å². The fourth-order valence-electron chi connectivity index (χ4n) is 1.71. The van der Waals surface area contributed by atoms with Crippen molar-refractivity contribution in [3.05, 3.63) is 16.7 Å². The number of nitrogens with zero attached hydrogens (tertiary/aromatic N) is 1. The lowest BCUT2D eigenvalue weighted by Crippen LogP contribution is -2.12. The van der Waals surface area contributed by atoms with E-state index in [1.54, 1.807) is 7.11 Å². The van der Waals surface area contributed by atoms with E-state index in [2.05, 4.69) is 30.3 Å². The molecule has 1 heterocycles. The highest BCUT2D eigenvalue weighted by Gasteiger charge is 2.13. The van der Waals surface area contributed by atoms with Gasteiger partial charge in [0.2, 0.25) is 0 Å². The Morgan fingerprint density at radius 2 is 2.13 bits per heavy atom. The van der Waals surface area contributed by atoms with Crippen molar-refractivity contribution in [2.45, 2.75) is 39.2 Å². The third-order valence-electron chi connectivity index (χ3n) is 2.61. The molecule has 1 atom stereocenters. The van der Waals surface area contributed by atoms with Crippen LogP contribution in [0.15, 0.2) is 6.20 Å². The van der Waals surface area contributed by atoms with Crippen molar-refractivity contribution < 1.29 is 4.74 Å². The van der Waals surface area contributed by atoms with Crippen molar-refractivity contribution in [1.82, 2.24) is 9.55 Å². The minimum absolute atomic E-state index is 0.390. The Bertz CT molecular complexity index is 354. The van der Waals surface area contributed by atoms with Crippen LogP contribution in [-0.4, -0.2) is 23.3 Å². The molecule has 0 bridgehead atoms. The summed E-state index contributed by atoms with van der Waals surface area (Å²) in [5.41, 5.74) is 1.27. The van der Waals surface area contributed by atoms with E-state index in [1.807, 2.05) is 6.20 Å². The number of methoxy groups -OCH3 is 1. The predicted octanol–water partition coefficient (Wildman–Crippen LogP) is 3.27. The molecular formula is C11H20N2OS. The van der Waals surface area contributed by atoms with Crippen LogP contribution >= 0.6 is 12.2 Å². The van der Waals surface area contributed by atoms with E-state index >= 15 is 0 Å². The zero-order chi connectivity index (χ0) is 11.4. The summed E-state index contributed by atoms with van der Waals surface area (Å²) in [7, 11) is 1.73. The summed E-state index contributed by atoms with van der Waals surface area (Å²) in [6.45, 7) is 7.30. The summed E-state index contributed by atoms with van der Waals surface area (Å²) in [4.78, 5) is 3.11. The van der Waals surface area contributed by atoms with E-state index in [-0.39, 0.29) is 0 Å². The number of hydrogen-bond acceptors (Lipinski definition) is 2. The van der Waals surface area contributed by atoms with Gasteiger partial charge >= 0.3 is 0 Å². The molecule has 1 rings (SSSR count). The molecule has 0 fully saturated rings. The quantitative estimate of drug-likeness (QED) is 0.784. The molecule has 1 aromatic rings. The molecule has 0 aromatic carbocycles. The van der Waals surface area contributed by atoms with E-state index in [4.69, 9.17) is 17.0 Å². The van der Waals surface area contributed by atoms with E-state index in [0.29, 0.717) is 12.0 Å². The molecule has 0 saturated heterocycles. The minimum atomic E-state index is 0.390. The first-order valence-corrected chi connectivity index (χ1v) is 5.77. The fraction of sp³-hybridized carbons (Fsp3) is 0.727. The molecule has 3 nitrogen and oxygen atoms in total. The van der Waals surface area contributed by atoms with Gasteiger partial charge in [-0.3, -0.25) is 0 Å². The van der Waals surface area contributed by atoms with Gasteiger partial charge in [-0.05, 0) is 31.5 Å². The molecule has 0 amide bonds. The topological polar surface area (TPSA) is 29.9 Å². The fourth-order valence-corrected chi connectivity index (χ4v) is 2.05. The molecular weight excluding hydrogens is 208 g/mol. The average molecular weight is 228 g/mol. The highest BCUT2D eigenvalue weighted by atomic mass is 32.1. The largest absolute Gasteiger partial charge is 0.385 e. The van der Waals surface area contributed by atoms with Crippen LogP contribution in [0, 0.1) is 4.77 Å². The van der Waals surface area contributed by atoms with Crippen LogP contribution in [0.2, 0.25) is 0 Å². The van der Waals surface area contributed by atoms with Gasteiger partial charge in [-0.25, -0.2) is 0 Å². The Labute approximate surface area is 96.5 Å². The van der Waals surface area contributed by atoms with Gasteiger partial charge in [0.1, 0.15) is 0 Å². The minimum Gasteiger partial charge on any atom is -0.385 e. The number of aromatic amines is 1. The molecule has 0 aliphatic rings. The van der Waals surface area contributed by atoms with Gasteiger partial charge in [0.15, 0.2) is 4.77 Å². The normalized spacial score (nSPS) is 13.4. The Morgan fingerprint density at radius 3 is 2.67 bits per heavy atom. The zero-order valence-corrected chi connectivity index (χ0v) is 10.7. The van der Waals surface area contributed by atoms with Gasteiger partial charge in [0, 0.05) is 31.6 Å². The van der Waals surface area contributed by atoms with Crippen molar-refractivity contribution in [1.29, 1.82) is 0 Å². The first kappa shape index (κ1) is 12.5. The number of ether oxygens (including phenoxy) is 1. The van der Waals surface area contributed by atoms with E-state index < -0.39 is 0 Å². The van der Waals surface area contributed by atoms with Gasteiger partial charge in [0.05, 0.1) is 0 Å². The highest BCUT2D eigenvalue weighted by molar-refractivity contribution is 7.71. The maximum absolute atomic E-state index is 5.29. The van der Waals surface area contributed by atoms with Crippen molar-refractivity contribution in [2.75, 3.05) is 13.7 Å². The number of rotatable bonds is 5. The van der Waals surface area contributed by atoms with Gasteiger partial charge in [0.25, 0.3) is 0 Å². The molecule has 0 aliphatic carbocycles. The lowest BCUT2D eigenvalue weighted by atomic mass is 10.1. The third-order valence-corrected chi connectivity index (χ3v) is 2.93. The third kappa shape index (κ3) is 2.92. The second-order valence-electron chi connectivity index (χ2n) is 4.17. The molecule has 1 N–H and O–H groups in total. The van der Waals surface area contributed by atoms with Crippen molar-refractivity contribution in [3.63, 3.8) is 0 Å².